The Morgan fingerprint density at radius 3 is 2.84 bits per heavy atom. The average Bonchev–Trinajstić information content (AvgIpc) is 2.81. The van der Waals surface area contributed by atoms with Gasteiger partial charge in [0.25, 0.3) is 5.91 Å². The number of amides is 1. The maximum absolute atomic E-state index is 12.0. The molecule has 1 aliphatic carbocycles. The second kappa shape index (κ2) is 4.93. The average molecular weight is 275 g/mol. The number of nitrogens with zero attached hydrogens (tertiary/aromatic N) is 3. The summed E-state index contributed by atoms with van der Waals surface area (Å²) >= 11 is 1.55. The number of fused-ring (bicyclic) bond motifs is 1. The highest BCUT2D eigenvalue weighted by Gasteiger charge is 2.17. The summed E-state index contributed by atoms with van der Waals surface area (Å²) in [6.45, 7) is 0. The molecule has 0 spiro atoms. The zero-order chi connectivity index (χ0) is 13.2. The number of aromatic nitrogens is 3. The van der Waals surface area contributed by atoms with Crippen LogP contribution in [0.1, 0.15) is 33.9 Å². The van der Waals surface area contributed by atoms with Crippen LogP contribution in [-0.2, 0) is 12.8 Å². The number of carbonyl (C=O) groups excluding carboxylic acids is 1. The molecule has 0 aliphatic heterocycles. The van der Waals surface area contributed by atoms with E-state index < -0.39 is 0 Å². The van der Waals surface area contributed by atoms with Crippen LogP contribution in [0, 0.1) is 0 Å². The number of rotatable bonds is 2. The fraction of sp³-hybridized carbons (Fsp3) is 0.333. The normalized spacial score (nSPS) is 13.9. The lowest BCUT2D eigenvalue weighted by molar-refractivity contribution is 0.102. The van der Waals surface area contributed by atoms with Gasteiger partial charge in [-0.15, -0.1) is 21.5 Å². The van der Waals surface area contributed by atoms with E-state index in [0.717, 1.165) is 18.5 Å². The van der Waals surface area contributed by atoms with Crippen LogP contribution < -0.4 is 11.1 Å². The van der Waals surface area contributed by atoms with Gasteiger partial charge in [-0.25, -0.2) is 4.98 Å². The van der Waals surface area contributed by atoms with Crippen molar-refractivity contribution in [1.82, 2.24) is 15.2 Å². The van der Waals surface area contributed by atoms with Gasteiger partial charge in [-0.3, -0.25) is 10.1 Å². The number of anilines is 2. The molecule has 3 N–H and O–H groups in total. The molecular weight excluding hydrogens is 262 g/mol. The summed E-state index contributed by atoms with van der Waals surface area (Å²) in [6, 6.07) is 3.10. The molecule has 2 heterocycles. The fourth-order valence-corrected chi connectivity index (χ4v) is 3.08. The maximum atomic E-state index is 12.0. The molecule has 3 rings (SSSR count). The predicted molar refractivity (Wildman–Crippen MR) is 73.2 cm³/mol. The van der Waals surface area contributed by atoms with Crippen molar-refractivity contribution in [1.29, 1.82) is 0 Å². The summed E-state index contributed by atoms with van der Waals surface area (Å²) in [6.07, 6.45) is 4.44. The molecule has 0 radical (unpaired) electrons. The summed E-state index contributed by atoms with van der Waals surface area (Å²) in [5.74, 6) is -0.0140. The van der Waals surface area contributed by atoms with Crippen molar-refractivity contribution in [3.8, 4) is 0 Å². The molecule has 2 aromatic heterocycles. The molecular formula is C12H13N5OS. The van der Waals surface area contributed by atoms with E-state index in [1.165, 1.54) is 17.7 Å². The first-order chi connectivity index (χ1) is 9.22. The second-order valence-corrected chi connectivity index (χ2v) is 5.48. The summed E-state index contributed by atoms with van der Waals surface area (Å²) < 4.78 is 0. The van der Waals surface area contributed by atoms with E-state index in [-0.39, 0.29) is 11.6 Å². The molecule has 0 unspecified atom stereocenters. The molecule has 19 heavy (non-hydrogen) atoms. The Labute approximate surface area is 114 Å². The Bertz CT molecular complexity index is 584. The van der Waals surface area contributed by atoms with Gasteiger partial charge in [0.15, 0.2) is 10.8 Å². The lowest BCUT2D eigenvalue weighted by Gasteiger charge is -2.06. The van der Waals surface area contributed by atoms with Crippen LogP contribution in [-0.4, -0.2) is 21.1 Å². The SMILES string of the molecule is Nc1ccc(C(=O)Nc2nc3c(s2)CCCC3)nn1. The molecule has 0 aromatic carbocycles. The van der Waals surface area contributed by atoms with E-state index in [2.05, 4.69) is 20.5 Å². The first kappa shape index (κ1) is 12.0. The lowest BCUT2D eigenvalue weighted by Crippen LogP contribution is -2.14. The largest absolute Gasteiger partial charge is 0.382 e. The van der Waals surface area contributed by atoms with E-state index >= 15 is 0 Å². The van der Waals surface area contributed by atoms with Gasteiger partial charge >= 0.3 is 0 Å². The van der Waals surface area contributed by atoms with Crippen LogP contribution in [0.2, 0.25) is 0 Å². The van der Waals surface area contributed by atoms with Gasteiger partial charge in [0.2, 0.25) is 0 Å². The maximum Gasteiger partial charge on any atom is 0.277 e. The van der Waals surface area contributed by atoms with Crippen LogP contribution in [0.3, 0.4) is 0 Å². The quantitative estimate of drug-likeness (QED) is 0.869. The fourth-order valence-electron chi connectivity index (χ4n) is 2.03. The molecule has 1 amide bonds. The molecule has 0 fully saturated rings. The van der Waals surface area contributed by atoms with Crippen molar-refractivity contribution in [2.24, 2.45) is 0 Å². The summed E-state index contributed by atoms with van der Waals surface area (Å²) in [5, 5.41) is 10.8. The third-order valence-corrected chi connectivity index (χ3v) is 4.06. The number of hydrogen-bond acceptors (Lipinski definition) is 6. The summed E-state index contributed by atoms with van der Waals surface area (Å²) in [7, 11) is 0. The third kappa shape index (κ3) is 2.55. The van der Waals surface area contributed by atoms with Gasteiger partial charge in [-0.2, -0.15) is 0 Å². The van der Waals surface area contributed by atoms with E-state index in [4.69, 9.17) is 5.73 Å². The Morgan fingerprint density at radius 2 is 2.11 bits per heavy atom. The number of thiazole rings is 1. The molecule has 98 valence electrons. The smallest absolute Gasteiger partial charge is 0.277 e. The topological polar surface area (TPSA) is 93.8 Å². The van der Waals surface area contributed by atoms with Gasteiger partial charge in [0.1, 0.15) is 5.82 Å². The van der Waals surface area contributed by atoms with Gasteiger partial charge in [-0.1, -0.05) is 0 Å². The van der Waals surface area contributed by atoms with E-state index in [1.807, 2.05) is 0 Å². The summed E-state index contributed by atoms with van der Waals surface area (Å²) in [5.41, 5.74) is 6.79. The second-order valence-electron chi connectivity index (χ2n) is 4.39. The molecule has 0 atom stereocenters. The predicted octanol–water partition coefficient (Wildman–Crippen LogP) is 1.65. The number of hydrogen-bond donors (Lipinski definition) is 2. The van der Waals surface area contributed by atoms with Crippen molar-refractivity contribution in [2.45, 2.75) is 25.7 Å². The minimum Gasteiger partial charge on any atom is -0.382 e. The summed E-state index contributed by atoms with van der Waals surface area (Å²) in [4.78, 5) is 17.7. The van der Waals surface area contributed by atoms with Crippen molar-refractivity contribution in [3.05, 3.63) is 28.4 Å². The number of carbonyl (C=O) groups is 1. The van der Waals surface area contributed by atoms with Crippen LogP contribution in [0.15, 0.2) is 12.1 Å². The van der Waals surface area contributed by atoms with Crippen LogP contribution in [0.4, 0.5) is 10.9 Å². The zero-order valence-corrected chi connectivity index (χ0v) is 11.0. The van der Waals surface area contributed by atoms with Crippen molar-refractivity contribution < 1.29 is 4.79 Å². The number of aryl methyl sites for hydroxylation is 2. The number of nitrogens with two attached hydrogens (primary N) is 1. The minimum atomic E-state index is -0.307. The monoisotopic (exact) mass is 275 g/mol. The van der Waals surface area contributed by atoms with Gasteiger partial charge in [0.05, 0.1) is 5.69 Å². The first-order valence-electron chi connectivity index (χ1n) is 6.11. The van der Waals surface area contributed by atoms with E-state index in [1.54, 1.807) is 23.5 Å². The van der Waals surface area contributed by atoms with E-state index in [9.17, 15) is 4.79 Å². The van der Waals surface area contributed by atoms with Gasteiger partial charge in [-0.05, 0) is 37.8 Å². The molecule has 0 saturated heterocycles. The highest BCUT2D eigenvalue weighted by atomic mass is 32.1. The number of nitrogen functional groups attached to an aromatic ring is 1. The standard InChI is InChI=1S/C12H13N5OS/c13-10-6-5-8(16-17-10)11(18)15-12-14-7-3-1-2-4-9(7)19-12/h5-6H,1-4H2,(H2,13,17)(H,14,15,18). The Morgan fingerprint density at radius 1 is 1.26 bits per heavy atom. The molecule has 0 bridgehead atoms. The van der Waals surface area contributed by atoms with Gasteiger partial charge < -0.3 is 5.73 Å². The molecule has 7 heteroatoms. The van der Waals surface area contributed by atoms with Crippen LogP contribution in [0.5, 0.6) is 0 Å². The molecule has 2 aromatic rings. The first-order valence-corrected chi connectivity index (χ1v) is 6.93. The van der Waals surface area contributed by atoms with Crippen LogP contribution >= 0.6 is 11.3 Å². The lowest BCUT2D eigenvalue weighted by atomic mass is 10.0. The highest BCUT2D eigenvalue weighted by Crippen LogP contribution is 2.29. The Kier molecular flexibility index (Phi) is 3.12. The minimum absolute atomic E-state index is 0.238. The number of nitrogens with one attached hydrogen (secondary N) is 1. The van der Waals surface area contributed by atoms with Crippen molar-refractivity contribution in [2.75, 3.05) is 11.1 Å². The molecule has 0 saturated carbocycles. The highest BCUT2D eigenvalue weighted by molar-refractivity contribution is 7.15. The molecule has 6 nitrogen and oxygen atoms in total. The molecule has 1 aliphatic rings. The van der Waals surface area contributed by atoms with E-state index in [0.29, 0.717) is 10.9 Å². The Balaban J connectivity index is 1.75. The van der Waals surface area contributed by atoms with Crippen molar-refractivity contribution >= 4 is 28.2 Å². The Hall–Kier alpha value is -2.02. The van der Waals surface area contributed by atoms with Crippen molar-refractivity contribution in [3.63, 3.8) is 0 Å². The van der Waals surface area contributed by atoms with Gasteiger partial charge in [0, 0.05) is 4.88 Å². The zero-order valence-electron chi connectivity index (χ0n) is 10.2. The van der Waals surface area contributed by atoms with Crippen LogP contribution in [0.25, 0.3) is 0 Å². The third-order valence-electron chi connectivity index (χ3n) is 2.98.